The van der Waals surface area contributed by atoms with Crippen LogP contribution < -0.4 is 0 Å². The molecule has 0 saturated carbocycles. The van der Waals surface area contributed by atoms with Gasteiger partial charge < -0.3 is 9.15 Å². The third kappa shape index (κ3) is 2.31. The number of hydrogen-bond donors (Lipinski definition) is 0. The highest BCUT2D eigenvalue weighted by Gasteiger charge is 2.30. The van der Waals surface area contributed by atoms with Crippen LogP contribution in [-0.2, 0) is 10.2 Å². The summed E-state index contributed by atoms with van der Waals surface area (Å²) in [7, 11) is 1.34. The van der Waals surface area contributed by atoms with E-state index in [1.165, 1.54) is 18.4 Å². The Kier molecular flexibility index (Phi) is 3.26. The van der Waals surface area contributed by atoms with Gasteiger partial charge in [-0.1, -0.05) is 26.8 Å². The lowest BCUT2D eigenvalue weighted by molar-refractivity contribution is 0.0562. The van der Waals surface area contributed by atoms with Gasteiger partial charge in [0, 0.05) is 5.41 Å². The van der Waals surface area contributed by atoms with Crippen LogP contribution in [0.25, 0.3) is 10.8 Å². The number of esters is 1. The first-order valence-electron chi connectivity index (χ1n) is 5.57. The number of nitrogens with zero attached hydrogens (tertiary/aromatic N) is 1. The summed E-state index contributed by atoms with van der Waals surface area (Å²) in [5, 5.41) is 1.94. The normalized spacial score (nSPS) is 11.6. The quantitative estimate of drug-likeness (QED) is 0.780. The molecule has 4 nitrogen and oxygen atoms in total. The molecule has 0 atom stereocenters. The van der Waals surface area contributed by atoms with Gasteiger partial charge in [-0.25, -0.2) is 9.78 Å². The van der Waals surface area contributed by atoms with E-state index in [1.54, 1.807) is 0 Å². The summed E-state index contributed by atoms with van der Waals surface area (Å²) in [5.41, 5.74) is 0.348. The van der Waals surface area contributed by atoms with Gasteiger partial charge in [0.1, 0.15) is 5.69 Å². The van der Waals surface area contributed by atoms with E-state index in [9.17, 15) is 4.79 Å². The van der Waals surface area contributed by atoms with Gasteiger partial charge in [-0.3, -0.25) is 0 Å². The average molecular weight is 265 g/mol. The number of ether oxygens (including phenoxy) is 1. The number of carbonyl (C=O) groups is 1. The highest BCUT2D eigenvalue weighted by Crippen LogP contribution is 2.32. The van der Waals surface area contributed by atoms with Gasteiger partial charge in [0.25, 0.3) is 0 Å². The maximum absolute atomic E-state index is 11.7. The van der Waals surface area contributed by atoms with E-state index < -0.39 is 5.97 Å². The van der Waals surface area contributed by atoms with E-state index in [0.29, 0.717) is 11.6 Å². The molecule has 0 aliphatic heterocycles. The smallest absolute Gasteiger partial charge is 0.376 e. The summed E-state index contributed by atoms with van der Waals surface area (Å²) in [6, 6.07) is 3.82. The van der Waals surface area contributed by atoms with E-state index >= 15 is 0 Å². The van der Waals surface area contributed by atoms with Crippen LogP contribution >= 0.6 is 11.3 Å². The summed E-state index contributed by atoms with van der Waals surface area (Å²) in [6.07, 6.45) is 0. The summed E-state index contributed by atoms with van der Waals surface area (Å²) >= 11 is 1.52. The van der Waals surface area contributed by atoms with Crippen LogP contribution in [0.2, 0.25) is 0 Å². The molecular weight excluding hydrogens is 250 g/mol. The molecule has 5 heteroatoms. The monoisotopic (exact) mass is 265 g/mol. The number of carbonyl (C=O) groups excluding carboxylic acids is 1. The topological polar surface area (TPSA) is 52.3 Å². The van der Waals surface area contributed by atoms with Crippen molar-refractivity contribution in [2.24, 2.45) is 0 Å². The lowest BCUT2D eigenvalue weighted by atomic mass is 9.91. The van der Waals surface area contributed by atoms with Crippen LogP contribution in [0.4, 0.5) is 0 Å². The predicted molar refractivity (Wildman–Crippen MR) is 69.9 cm³/mol. The molecule has 0 aliphatic carbocycles. The van der Waals surface area contributed by atoms with Crippen molar-refractivity contribution >= 4 is 17.3 Å². The molecule has 0 amide bonds. The zero-order valence-corrected chi connectivity index (χ0v) is 11.6. The molecule has 0 N–H and O–H groups in total. The minimum absolute atomic E-state index is 0.188. The van der Waals surface area contributed by atoms with Gasteiger partial charge in [0.05, 0.1) is 12.0 Å². The van der Waals surface area contributed by atoms with Crippen LogP contribution in [0.3, 0.4) is 0 Å². The zero-order valence-electron chi connectivity index (χ0n) is 10.8. The molecule has 0 fully saturated rings. The minimum Gasteiger partial charge on any atom is -0.463 e. The molecule has 0 aliphatic rings. The molecule has 2 heterocycles. The van der Waals surface area contributed by atoms with Gasteiger partial charge >= 0.3 is 5.97 Å². The SMILES string of the molecule is COC(=O)c1oc(-c2cccs2)nc1C(C)(C)C. The maximum Gasteiger partial charge on any atom is 0.376 e. The van der Waals surface area contributed by atoms with E-state index in [1.807, 2.05) is 38.3 Å². The van der Waals surface area contributed by atoms with Gasteiger partial charge in [-0.15, -0.1) is 11.3 Å². The summed E-state index contributed by atoms with van der Waals surface area (Å²) < 4.78 is 10.3. The molecule has 0 saturated heterocycles. The van der Waals surface area contributed by atoms with E-state index in [2.05, 4.69) is 4.98 Å². The Morgan fingerprint density at radius 2 is 2.17 bits per heavy atom. The number of oxazole rings is 1. The molecule has 0 unspecified atom stereocenters. The van der Waals surface area contributed by atoms with Crippen LogP contribution in [0.1, 0.15) is 37.0 Å². The fourth-order valence-corrected chi connectivity index (χ4v) is 2.21. The molecular formula is C13H15NO3S. The first-order chi connectivity index (χ1) is 8.43. The van der Waals surface area contributed by atoms with Gasteiger partial charge in [-0.2, -0.15) is 0 Å². The van der Waals surface area contributed by atoms with Crippen LogP contribution in [-0.4, -0.2) is 18.1 Å². The lowest BCUT2D eigenvalue weighted by Gasteiger charge is -2.15. The van der Waals surface area contributed by atoms with Crippen molar-refractivity contribution in [3.8, 4) is 10.8 Å². The molecule has 18 heavy (non-hydrogen) atoms. The Bertz CT molecular complexity index is 549. The molecule has 0 bridgehead atoms. The van der Waals surface area contributed by atoms with E-state index in [-0.39, 0.29) is 11.2 Å². The van der Waals surface area contributed by atoms with Gasteiger partial charge in [-0.05, 0) is 11.4 Å². The summed E-state index contributed by atoms with van der Waals surface area (Å²) in [6.45, 7) is 5.94. The number of rotatable bonds is 2. The lowest BCUT2D eigenvalue weighted by Crippen LogP contribution is -2.17. The van der Waals surface area contributed by atoms with E-state index in [4.69, 9.17) is 9.15 Å². The Balaban J connectivity index is 2.54. The van der Waals surface area contributed by atoms with Crippen LogP contribution in [0.15, 0.2) is 21.9 Å². The fourth-order valence-electron chi connectivity index (χ4n) is 1.57. The highest BCUT2D eigenvalue weighted by molar-refractivity contribution is 7.13. The summed E-state index contributed by atoms with van der Waals surface area (Å²) in [4.78, 5) is 17.0. The van der Waals surface area contributed by atoms with Crippen LogP contribution in [0.5, 0.6) is 0 Å². The Morgan fingerprint density at radius 3 is 2.67 bits per heavy atom. The second-order valence-electron chi connectivity index (χ2n) is 4.92. The Hall–Kier alpha value is -1.62. The Labute approximate surface area is 110 Å². The number of aromatic nitrogens is 1. The zero-order chi connectivity index (χ0) is 13.3. The first-order valence-corrected chi connectivity index (χ1v) is 6.45. The second-order valence-corrected chi connectivity index (χ2v) is 5.86. The summed E-state index contributed by atoms with van der Waals surface area (Å²) in [5.74, 6) is 0.166. The number of thiophene rings is 1. The maximum atomic E-state index is 11.7. The van der Waals surface area contributed by atoms with Gasteiger partial charge in [0.2, 0.25) is 11.7 Å². The van der Waals surface area contributed by atoms with E-state index in [0.717, 1.165) is 4.88 Å². The molecule has 2 rings (SSSR count). The second kappa shape index (κ2) is 4.57. The number of methoxy groups -OCH3 is 1. The average Bonchev–Trinajstić information content (AvgIpc) is 2.94. The van der Waals surface area contributed by atoms with Crippen molar-refractivity contribution in [2.75, 3.05) is 7.11 Å². The molecule has 2 aromatic heterocycles. The third-order valence-corrected chi connectivity index (χ3v) is 3.30. The highest BCUT2D eigenvalue weighted by atomic mass is 32.1. The first kappa shape index (κ1) is 12.8. The van der Waals surface area contributed by atoms with Crippen molar-refractivity contribution in [1.82, 2.24) is 4.98 Å². The van der Waals surface area contributed by atoms with Crippen LogP contribution in [0, 0.1) is 0 Å². The molecule has 2 aromatic rings. The molecule has 96 valence electrons. The predicted octanol–water partition coefficient (Wildman–Crippen LogP) is 3.49. The largest absolute Gasteiger partial charge is 0.463 e. The van der Waals surface area contributed by atoms with Crippen molar-refractivity contribution in [2.45, 2.75) is 26.2 Å². The van der Waals surface area contributed by atoms with Crippen molar-refractivity contribution in [1.29, 1.82) is 0 Å². The van der Waals surface area contributed by atoms with Crippen molar-refractivity contribution < 1.29 is 13.9 Å². The standard InChI is InChI=1S/C13H15NO3S/c1-13(2,3)10-9(12(15)16-4)17-11(14-10)8-6-5-7-18-8/h5-7H,1-4H3. The van der Waals surface area contributed by atoms with Gasteiger partial charge in [0.15, 0.2) is 0 Å². The number of hydrogen-bond acceptors (Lipinski definition) is 5. The fraction of sp³-hybridized carbons (Fsp3) is 0.385. The van der Waals surface area contributed by atoms with Crippen molar-refractivity contribution in [3.05, 3.63) is 29.0 Å². The molecule has 0 radical (unpaired) electrons. The minimum atomic E-state index is -0.491. The Morgan fingerprint density at radius 1 is 1.44 bits per heavy atom. The molecule has 0 aromatic carbocycles. The van der Waals surface area contributed by atoms with Crippen molar-refractivity contribution in [3.63, 3.8) is 0 Å². The third-order valence-electron chi connectivity index (χ3n) is 2.44. The molecule has 0 spiro atoms.